The number of alkyl halides is 1. The summed E-state index contributed by atoms with van der Waals surface area (Å²) in [5, 5.41) is -0.170. The first-order chi connectivity index (χ1) is 9.13. The molecule has 1 unspecified atom stereocenters. The van der Waals surface area contributed by atoms with Gasteiger partial charge in [0, 0.05) is 6.54 Å². The summed E-state index contributed by atoms with van der Waals surface area (Å²) in [4.78, 5) is 4.51. The van der Waals surface area contributed by atoms with Crippen LogP contribution in [0.25, 0.3) is 11.0 Å². The third kappa shape index (κ3) is 3.42. The van der Waals surface area contributed by atoms with Crippen molar-refractivity contribution in [1.29, 1.82) is 0 Å². The number of hydrogen-bond acceptors (Lipinski definition) is 2. The van der Waals surface area contributed by atoms with Gasteiger partial charge in [0.15, 0.2) is 0 Å². The number of rotatable bonds is 6. The van der Waals surface area contributed by atoms with Crippen molar-refractivity contribution in [2.75, 3.05) is 12.0 Å². The van der Waals surface area contributed by atoms with E-state index in [1.54, 1.807) is 12.1 Å². The minimum absolute atomic E-state index is 0.170. The molecule has 1 atom stereocenters. The fraction of sp³-hybridized carbons (Fsp3) is 0.500. The molecule has 0 aliphatic heterocycles. The Labute approximate surface area is 122 Å². The normalized spacial score (nSPS) is 13.1. The molecule has 104 valence electrons. The maximum absolute atomic E-state index is 13.4. The Morgan fingerprint density at radius 2 is 2.21 bits per heavy atom. The van der Waals surface area contributed by atoms with Crippen LogP contribution >= 0.6 is 23.4 Å². The molecule has 0 aliphatic carbocycles. The minimum atomic E-state index is -0.230. The van der Waals surface area contributed by atoms with Gasteiger partial charge in [0.25, 0.3) is 0 Å². The average molecular weight is 301 g/mol. The lowest BCUT2D eigenvalue weighted by atomic mass is 10.3. The van der Waals surface area contributed by atoms with E-state index in [0.29, 0.717) is 0 Å². The molecule has 2 aromatic rings. The smallest absolute Gasteiger partial charge is 0.127 e. The second kappa shape index (κ2) is 6.62. The lowest BCUT2D eigenvalue weighted by Crippen LogP contribution is -2.05. The second-order valence-corrected chi connectivity index (χ2v) is 6.21. The molecule has 0 spiro atoms. The minimum Gasteiger partial charge on any atom is -0.327 e. The molecule has 0 amide bonds. The van der Waals surface area contributed by atoms with E-state index in [1.165, 1.54) is 6.07 Å². The zero-order valence-corrected chi connectivity index (χ0v) is 12.8. The zero-order chi connectivity index (χ0) is 13.8. The fourth-order valence-corrected chi connectivity index (χ4v) is 2.83. The van der Waals surface area contributed by atoms with Crippen molar-refractivity contribution in [2.45, 2.75) is 31.7 Å². The van der Waals surface area contributed by atoms with E-state index in [4.69, 9.17) is 11.6 Å². The standard InChI is InChI=1S/C14H18ClFN2S/c1-10(15)14-17-12-6-5-11(16)9-13(12)18(14)7-3-4-8-19-2/h5-6,9-10H,3-4,7-8H2,1-2H3. The maximum Gasteiger partial charge on any atom is 0.127 e. The highest BCUT2D eigenvalue weighted by molar-refractivity contribution is 7.98. The van der Waals surface area contributed by atoms with E-state index in [1.807, 2.05) is 18.7 Å². The number of hydrogen-bond donors (Lipinski definition) is 0. The Kier molecular flexibility index (Phi) is 5.11. The van der Waals surface area contributed by atoms with Crippen LogP contribution in [0.5, 0.6) is 0 Å². The molecule has 5 heteroatoms. The first-order valence-corrected chi connectivity index (χ1v) is 8.25. The quantitative estimate of drug-likeness (QED) is 0.572. The van der Waals surface area contributed by atoms with Crippen LogP contribution in [0.15, 0.2) is 18.2 Å². The van der Waals surface area contributed by atoms with E-state index >= 15 is 0 Å². The topological polar surface area (TPSA) is 17.8 Å². The summed E-state index contributed by atoms with van der Waals surface area (Å²) in [5.41, 5.74) is 1.65. The lowest BCUT2D eigenvalue weighted by molar-refractivity contribution is 0.611. The highest BCUT2D eigenvalue weighted by Gasteiger charge is 2.15. The SMILES string of the molecule is CSCCCCn1c(C(C)Cl)nc2ccc(F)cc21. The Balaban J connectivity index is 2.31. The van der Waals surface area contributed by atoms with Crippen molar-refractivity contribution < 1.29 is 4.39 Å². The van der Waals surface area contributed by atoms with E-state index in [-0.39, 0.29) is 11.2 Å². The molecule has 0 aliphatic rings. The van der Waals surface area contributed by atoms with Crippen LogP contribution in [0.1, 0.15) is 31.0 Å². The first-order valence-electron chi connectivity index (χ1n) is 6.42. The fourth-order valence-electron chi connectivity index (χ4n) is 2.17. The second-order valence-electron chi connectivity index (χ2n) is 4.57. The predicted octanol–water partition coefficient (Wildman–Crippen LogP) is 4.62. The highest BCUT2D eigenvalue weighted by Crippen LogP contribution is 2.25. The van der Waals surface area contributed by atoms with Gasteiger partial charge in [-0.25, -0.2) is 9.37 Å². The number of fused-ring (bicyclic) bond motifs is 1. The summed E-state index contributed by atoms with van der Waals surface area (Å²) < 4.78 is 15.4. The van der Waals surface area contributed by atoms with Crippen molar-refractivity contribution in [3.63, 3.8) is 0 Å². The van der Waals surface area contributed by atoms with Gasteiger partial charge in [0.1, 0.15) is 11.6 Å². The Morgan fingerprint density at radius 1 is 1.42 bits per heavy atom. The van der Waals surface area contributed by atoms with E-state index in [0.717, 1.165) is 42.0 Å². The van der Waals surface area contributed by atoms with Crippen molar-refractivity contribution >= 4 is 34.4 Å². The van der Waals surface area contributed by atoms with Crippen molar-refractivity contribution in [2.24, 2.45) is 0 Å². The third-order valence-corrected chi connectivity index (χ3v) is 3.97. The molecule has 2 rings (SSSR count). The number of imidazole rings is 1. The van der Waals surface area contributed by atoms with Crippen LogP contribution in [0, 0.1) is 5.82 Å². The number of aryl methyl sites for hydroxylation is 1. The third-order valence-electron chi connectivity index (χ3n) is 3.08. The van der Waals surface area contributed by atoms with Crippen LogP contribution in [-0.2, 0) is 6.54 Å². The Hall–Kier alpha value is -0.740. The van der Waals surface area contributed by atoms with Gasteiger partial charge in [-0.05, 0) is 50.0 Å². The van der Waals surface area contributed by atoms with Crippen LogP contribution < -0.4 is 0 Å². The molecule has 19 heavy (non-hydrogen) atoms. The Morgan fingerprint density at radius 3 is 2.89 bits per heavy atom. The lowest BCUT2D eigenvalue weighted by Gasteiger charge is -2.10. The van der Waals surface area contributed by atoms with Crippen molar-refractivity contribution in [3.05, 3.63) is 29.8 Å². The van der Waals surface area contributed by atoms with Gasteiger partial charge >= 0.3 is 0 Å². The molecule has 0 bridgehead atoms. The molecule has 0 N–H and O–H groups in total. The number of nitrogens with zero attached hydrogens (tertiary/aromatic N) is 2. The molecule has 1 aromatic heterocycles. The summed E-state index contributed by atoms with van der Waals surface area (Å²) in [5.74, 6) is 1.74. The van der Waals surface area contributed by atoms with Crippen LogP contribution in [-0.4, -0.2) is 21.6 Å². The van der Waals surface area contributed by atoms with Gasteiger partial charge in [-0.3, -0.25) is 0 Å². The van der Waals surface area contributed by atoms with Gasteiger partial charge in [-0.2, -0.15) is 11.8 Å². The van der Waals surface area contributed by atoms with Crippen molar-refractivity contribution in [3.8, 4) is 0 Å². The number of benzene rings is 1. The molecule has 1 heterocycles. The number of aromatic nitrogens is 2. The molecule has 0 radical (unpaired) electrons. The molecule has 0 saturated carbocycles. The largest absolute Gasteiger partial charge is 0.327 e. The molecule has 1 aromatic carbocycles. The van der Waals surface area contributed by atoms with Gasteiger partial charge in [-0.1, -0.05) is 0 Å². The van der Waals surface area contributed by atoms with E-state index in [9.17, 15) is 4.39 Å². The van der Waals surface area contributed by atoms with Gasteiger partial charge in [0.2, 0.25) is 0 Å². The van der Waals surface area contributed by atoms with Gasteiger partial charge < -0.3 is 4.57 Å². The van der Waals surface area contributed by atoms with Crippen LogP contribution in [0.4, 0.5) is 4.39 Å². The summed E-state index contributed by atoms with van der Waals surface area (Å²) in [6.07, 6.45) is 4.31. The summed E-state index contributed by atoms with van der Waals surface area (Å²) in [7, 11) is 0. The molecule has 2 nitrogen and oxygen atoms in total. The number of thioether (sulfide) groups is 1. The van der Waals surface area contributed by atoms with Crippen molar-refractivity contribution in [1.82, 2.24) is 9.55 Å². The van der Waals surface area contributed by atoms with Gasteiger partial charge in [0.05, 0.1) is 16.4 Å². The summed E-state index contributed by atoms with van der Waals surface area (Å²) in [6, 6.07) is 4.70. The molecule has 0 saturated heterocycles. The number of halogens is 2. The van der Waals surface area contributed by atoms with Gasteiger partial charge in [-0.15, -0.1) is 11.6 Å². The highest BCUT2D eigenvalue weighted by atomic mass is 35.5. The van der Waals surface area contributed by atoms with Crippen LogP contribution in [0.2, 0.25) is 0 Å². The zero-order valence-electron chi connectivity index (χ0n) is 11.2. The number of unbranched alkanes of at least 4 members (excludes halogenated alkanes) is 1. The maximum atomic E-state index is 13.4. The predicted molar refractivity (Wildman–Crippen MR) is 81.6 cm³/mol. The molecular weight excluding hydrogens is 283 g/mol. The molecular formula is C14H18ClFN2S. The average Bonchev–Trinajstić information content (AvgIpc) is 2.73. The van der Waals surface area contributed by atoms with Crippen LogP contribution in [0.3, 0.4) is 0 Å². The summed E-state index contributed by atoms with van der Waals surface area (Å²) >= 11 is 8.02. The first kappa shape index (κ1) is 14.7. The van der Waals surface area contributed by atoms with E-state index in [2.05, 4.69) is 15.8 Å². The summed E-state index contributed by atoms with van der Waals surface area (Å²) in [6.45, 7) is 2.74. The monoisotopic (exact) mass is 300 g/mol. The molecule has 0 fully saturated rings. The Bertz CT molecular complexity index is 554. The van der Waals surface area contributed by atoms with E-state index < -0.39 is 0 Å².